The highest BCUT2D eigenvalue weighted by atomic mass is 32.1. The average Bonchev–Trinajstić information content (AvgIpc) is 2.49. The van der Waals surface area contributed by atoms with Gasteiger partial charge in [0.25, 0.3) is 0 Å². The molecular weight excluding hydrogens is 196 g/mol. The zero-order chi connectivity index (χ0) is 10.6. The second-order valence-electron chi connectivity index (χ2n) is 4.00. The van der Waals surface area contributed by atoms with Crippen LogP contribution in [0.5, 0.6) is 0 Å². The third-order valence-electron chi connectivity index (χ3n) is 2.09. The number of rotatable bonds is 5. The second kappa shape index (κ2) is 5.26. The highest BCUT2D eigenvalue weighted by Crippen LogP contribution is 2.14. The minimum atomic E-state index is 0.737. The average molecular weight is 214 g/mol. The van der Waals surface area contributed by atoms with E-state index in [9.17, 15) is 0 Å². The minimum absolute atomic E-state index is 0.737. The molecule has 14 heavy (non-hydrogen) atoms. The minimum Gasteiger partial charge on any atom is -0.388 e. The zero-order valence-corrected chi connectivity index (χ0v) is 9.84. The van der Waals surface area contributed by atoms with Crippen molar-refractivity contribution < 1.29 is 0 Å². The summed E-state index contributed by atoms with van der Waals surface area (Å²) in [6, 6.07) is 0. The third-order valence-corrected chi connectivity index (χ3v) is 2.69. The summed E-state index contributed by atoms with van der Waals surface area (Å²) in [4.78, 5) is 2.23. The molecule has 1 aromatic rings. The van der Waals surface area contributed by atoms with Crippen molar-refractivity contribution in [2.75, 3.05) is 19.3 Å². The van der Waals surface area contributed by atoms with E-state index in [1.54, 1.807) is 0 Å². The molecule has 0 saturated carbocycles. The zero-order valence-electron chi connectivity index (χ0n) is 9.03. The van der Waals surface area contributed by atoms with Crippen molar-refractivity contribution in [3.8, 4) is 0 Å². The first-order valence-corrected chi connectivity index (χ1v) is 5.62. The molecular formula is C9H18N4S. The molecule has 0 spiro atoms. The van der Waals surface area contributed by atoms with E-state index in [1.165, 1.54) is 18.0 Å². The van der Waals surface area contributed by atoms with Crippen LogP contribution in [0.3, 0.4) is 0 Å². The summed E-state index contributed by atoms with van der Waals surface area (Å²) < 4.78 is 3.81. The molecule has 0 aliphatic carbocycles. The van der Waals surface area contributed by atoms with Gasteiger partial charge in [-0.15, -0.1) is 5.10 Å². The summed E-state index contributed by atoms with van der Waals surface area (Å²) in [5, 5.41) is 4.72. The molecule has 80 valence electrons. The fraction of sp³-hybridized carbons (Fsp3) is 0.778. The molecule has 2 N–H and O–H groups in total. The SMILES string of the molecule is CC(C)CCN(C)Cc1nnsc1N. The van der Waals surface area contributed by atoms with Gasteiger partial charge in [0.1, 0.15) is 10.7 Å². The van der Waals surface area contributed by atoms with Crippen molar-refractivity contribution in [2.45, 2.75) is 26.8 Å². The van der Waals surface area contributed by atoms with Crippen LogP contribution in [-0.2, 0) is 6.54 Å². The Morgan fingerprint density at radius 3 is 2.71 bits per heavy atom. The Kier molecular flexibility index (Phi) is 4.28. The molecule has 0 saturated heterocycles. The first-order valence-electron chi connectivity index (χ1n) is 4.85. The van der Waals surface area contributed by atoms with Crippen molar-refractivity contribution in [3.63, 3.8) is 0 Å². The van der Waals surface area contributed by atoms with Crippen molar-refractivity contribution in [1.29, 1.82) is 0 Å². The van der Waals surface area contributed by atoms with E-state index in [4.69, 9.17) is 5.73 Å². The fourth-order valence-corrected chi connectivity index (χ4v) is 1.58. The van der Waals surface area contributed by atoms with Crippen molar-refractivity contribution in [1.82, 2.24) is 14.5 Å². The van der Waals surface area contributed by atoms with E-state index >= 15 is 0 Å². The Labute approximate surface area is 89.3 Å². The summed E-state index contributed by atoms with van der Waals surface area (Å²) in [6.45, 7) is 6.34. The van der Waals surface area contributed by atoms with E-state index in [1.807, 2.05) is 0 Å². The van der Waals surface area contributed by atoms with E-state index in [0.717, 1.165) is 29.7 Å². The maximum Gasteiger partial charge on any atom is 0.132 e. The maximum absolute atomic E-state index is 5.71. The molecule has 0 unspecified atom stereocenters. The molecule has 1 rings (SSSR count). The van der Waals surface area contributed by atoms with Crippen LogP contribution in [0.4, 0.5) is 5.00 Å². The summed E-state index contributed by atoms with van der Waals surface area (Å²) in [5.41, 5.74) is 6.62. The Hall–Kier alpha value is -0.680. The molecule has 0 aromatic carbocycles. The van der Waals surface area contributed by atoms with Crippen molar-refractivity contribution in [3.05, 3.63) is 5.69 Å². The molecule has 0 aliphatic heterocycles. The lowest BCUT2D eigenvalue weighted by atomic mass is 10.1. The quantitative estimate of drug-likeness (QED) is 0.809. The topological polar surface area (TPSA) is 55.0 Å². The molecule has 0 bridgehead atoms. The number of nitrogens with zero attached hydrogens (tertiary/aromatic N) is 3. The second-order valence-corrected chi connectivity index (χ2v) is 4.79. The Bertz CT molecular complexity index is 272. The summed E-state index contributed by atoms with van der Waals surface area (Å²) >= 11 is 1.26. The largest absolute Gasteiger partial charge is 0.388 e. The van der Waals surface area contributed by atoms with Gasteiger partial charge in [0.15, 0.2) is 0 Å². The first-order chi connectivity index (χ1) is 6.59. The monoisotopic (exact) mass is 214 g/mol. The van der Waals surface area contributed by atoms with E-state index in [2.05, 4.69) is 35.4 Å². The standard InChI is InChI=1S/C9H18N4S/c1-7(2)4-5-13(3)6-8-9(10)14-12-11-8/h7H,4-6,10H2,1-3H3. The first kappa shape index (κ1) is 11.4. The van der Waals surface area contributed by atoms with Crippen LogP contribution >= 0.6 is 11.5 Å². The molecule has 5 heteroatoms. The van der Waals surface area contributed by atoms with E-state index in [-0.39, 0.29) is 0 Å². The van der Waals surface area contributed by atoms with Crippen molar-refractivity contribution >= 4 is 16.5 Å². The van der Waals surface area contributed by atoms with Crippen LogP contribution in [0.15, 0.2) is 0 Å². The van der Waals surface area contributed by atoms with Crippen LogP contribution in [0.2, 0.25) is 0 Å². The molecule has 0 fully saturated rings. The number of nitrogens with two attached hydrogens (primary N) is 1. The lowest BCUT2D eigenvalue weighted by molar-refractivity contribution is 0.300. The van der Waals surface area contributed by atoms with Gasteiger partial charge in [-0.3, -0.25) is 0 Å². The van der Waals surface area contributed by atoms with Gasteiger partial charge in [-0.2, -0.15) is 0 Å². The van der Waals surface area contributed by atoms with Gasteiger partial charge in [0.05, 0.1) is 0 Å². The summed E-state index contributed by atoms with van der Waals surface area (Å²) in [7, 11) is 2.08. The van der Waals surface area contributed by atoms with Gasteiger partial charge < -0.3 is 10.6 Å². The molecule has 1 aromatic heterocycles. The van der Waals surface area contributed by atoms with Crippen LogP contribution in [0, 0.1) is 5.92 Å². The van der Waals surface area contributed by atoms with Crippen LogP contribution < -0.4 is 5.73 Å². The third kappa shape index (κ3) is 3.59. The van der Waals surface area contributed by atoms with Crippen LogP contribution in [0.25, 0.3) is 0 Å². The van der Waals surface area contributed by atoms with Gasteiger partial charge in [-0.25, -0.2) is 0 Å². The van der Waals surface area contributed by atoms with Gasteiger partial charge >= 0.3 is 0 Å². The van der Waals surface area contributed by atoms with E-state index < -0.39 is 0 Å². The Morgan fingerprint density at radius 2 is 2.21 bits per heavy atom. The lowest BCUT2D eigenvalue weighted by Gasteiger charge is -2.16. The number of aromatic nitrogens is 2. The van der Waals surface area contributed by atoms with Gasteiger partial charge in [0.2, 0.25) is 0 Å². The van der Waals surface area contributed by atoms with E-state index in [0.29, 0.717) is 0 Å². The number of anilines is 1. The predicted octanol–water partition coefficient (Wildman–Crippen LogP) is 1.60. The van der Waals surface area contributed by atoms with Gasteiger partial charge in [-0.05, 0) is 25.9 Å². The predicted molar refractivity (Wildman–Crippen MR) is 60.1 cm³/mol. The smallest absolute Gasteiger partial charge is 0.132 e. The van der Waals surface area contributed by atoms with Gasteiger partial charge in [-0.1, -0.05) is 18.3 Å². The Morgan fingerprint density at radius 1 is 1.50 bits per heavy atom. The molecule has 0 amide bonds. The molecule has 0 atom stereocenters. The van der Waals surface area contributed by atoms with Crippen LogP contribution in [0.1, 0.15) is 26.0 Å². The van der Waals surface area contributed by atoms with Crippen LogP contribution in [-0.4, -0.2) is 28.1 Å². The highest BCUT2D eigenvalue weighted by Gasteiger charge is 2.07. The maximum atomic E-state index is 5.71. The number of hydrogen-bond acceptors (Lipinski definition) is 5. The van der Waals surface area contributed by atoms with Gasteiger partial charge in [0, 0.05) is 18.1 Å². The van der Waals surface area contributed by atoms with Crippen molar-refractivity contribution in [2.24, 2.45) is 5.92 Å². The number of nitrogen functional groups attached to an aromatic ring is 1. The normalized spacial score (nSPS) is 11.5. The lowest BCUT2D eigenvalue weighted by Crippen LogP contribution is -2.21. The molecule has 1 heterocycles. The molecule has 0 aliphatic rings. The summed E-state index contributed by atoms with van der Waals surface area (Å²) in [6.07, 6.45) is 1.20. The molecule has 0 radical (unpaired) electrons. The fourth-order valence-electron chi connectivity index (χ4n) is 1.14. The Balaban J connectivity index is 2.34. The number of hydrogen-bond donors (Lipinski definition) is 1. The molecule has 4 nitrogen and oxygen atoms in total. The summed E-state index contributed by atoms with van der Waals surface area (Å²) in [5.74, 6) is 0.739. The highest BCUT2D eigenvalue weighted by molar-refractivity contribution is 7.09.